The van der Waals surface area contributed by atoms with E-state index in [0.29, 0.717) is 17.6 Å². The molecule has 22 heavy (non-hydrogen) atoms. The van der Waals surface area contributed by atoms with Crippen LogP contribution in [0.1, 0.15) is 36.6 Å². The van der Waals surface area contributed by atoms with Crippen molar-refractivity contribution in [1.29, 1.82) is 0 Å². The Hall–Kier alpha value is -1.80. The first kappa shape index (κ1) is 15.1. The maximum atomic E-state index is 5.58. The van der Waals surface area contributed by atoms with Crippen molar-refractivity contribution in [2.45, 2.75) is 31.3 Å². The van der Waals surface area contributed by atoms with Gasteiger partial charge in [-0.2, -0.15) is 0 Å². The summed E-state index contributed by atoms with van der Waals surface area (Å²) >= 11 is 3.28. The zero-order valence-electron chi connectivity index (χ0n) is 12.3. The van der Waals surface area contributed by atoms with Gasteiger partial charge in [0, 0.05) is 29.9 Å². The first-order chi connectivity index (χ1) is 10.8. The molecule has 0 amide bonds. The molecule has 0 aliphatic heterocycles. The fourth-order valence-corrected chi connectivity index (χ4v) is 3.42. The third-order valence-corrected chi connectivity index (χ3v) is 4.97. The van der Waals surface area contributed by atoms with Crippen LogP contribution in [0.15, 0.2) is 28.3 Å². The minimum absolute atomic E-state index is 0.144. The molecule has 0 unspecified atom stereocenters. The summed E-state index contributed by atoms with van der Waals surface area (Å²) in [7, 11) is 0. The summed E-state index contributed by atoms with van der Waals surface area (Å²) in [4.78, 5) is 13.0. The molecular formula is C14H15N5OS2. The summed E-state index contributed by atoms with van der Waals surface area (Å²) in [5, 5.41) is 11.1. The molecule has 0 saturated heterocycles. The molecule has 0 N–H and O–H groups in total. The van der Waals surface area contributed by atoms with Crippen molar-refractivity contribution >= 4 is 23.1 Å². The van der Waals surface area contributed by atoms with Gasteiger partial charge in [0.05, 0.1) is 10.9 Å². The van der Waals surface area contributed by atoms with E-state index in [0.717, 1.165) is 22.9 Å². The van der Waals surface area contributed by atoms with Crippen LogP contribution in [-0.4, -0.2) is 25.1 Å². The van der Waals surface area contributed by atoms with E-state index in [9.17, 15) is 0 Å². The van der Waals surface area contributed by atoms with Crippen LogP contribution in [0.4, 0.5) is 0 Å². The lowest BCUT2D eigenvalue weighted by atomic mass is 10.5. The van der Waals surface area contributed by atoms with Gasteiger partial charge in [0.15, 0.2) is 10.8 Å². The Morgan fingerprint density at radius 1 is 1.27 bits per heavy atom. The Morgan fingerprint density at radius 3 is 2.82 bits per heavy atom. The predicted octanol–water partition coefficient (Wildman–Crippen LogP) is 3.54. The van der Waals surface area contributed by atoms with E-state index in [4.69, 9.17) is 4.42 Å². The second-order valence-electron chi connectivity index (χ2n) is 4.56. The molecule has 114 valence electrons. The van der Waals surface area contributed by atoms with Gasteiger partial charge in [0.1, 0.15) is 0 Å². The Labute approximate surface area is 136 Å². The monoisotopic (exact) mass is 333 g/mol. The highest BCUT2D eigenvalue weighted by Gasteiger charge is 2.15. The summed E-state index contributed by atoms with van der Waals surface area (Å²) in [5.74, 6) is 2.80. The smallest absolute Gasteiger partial charge is 0.229 e. The second kappa shape index (κ2) is 6.97. The second-order valence-corrected chi connectivity index (χ2v) is 6.74. The van der Waals surface area contributed by atoms with Crippen molar-refractivity contribution in [2.75, 3.05) is 0 Å². The Kier molecular flexibility index (Phi) is 4.79. The summed E-state index contributed by atoms with van der Waals surface area (Å²) in [6, 6.07) is 1.80. The van der Waals surface area contributed by atoms with E-state index in [1.165, 1.54) is 0 Å². The number of thioether (sulfide) groups is 1. The van der Waals surface area contributed by atoms with Gasteiger partial charge < -0.3 is 4.42 Å². The highest BCUT2D eigenvalue weighted by molar-refractivity contribution is 7.98. The first-order valence-electron chi connectivity index (χ1n) is 6.92. The topological polar surface area (TPSA) is 77.6 Å². The lowest BCUT2D eigenvalue weighted by molar-refractivity contribution is 0.456. The molecule has 3 aromatic heterocycles. The van der Waals surface area contributed by atoms with E-state index in [1.807, 2.05) is 12.3 Å². The SMILES string of the molecule is CCc1nnc([C@@H](C)SCc2csc(-c3ncccn3)n2)o1. The van der Waals surface area contributed by atoms with Crippen molar-refractivity contribution < 1.29 is 4.42 Å². The molecule has 6 nitrogen and oxygen atoms in total. The molecule has 3 rings (SSSR count). The molecule has 8 heteroatoms. The van der Waals surface area contributed by atoms with E-state index in [2.05, 4.69) is 32.1 Å². The summed E-state index contributed by atoms with van der Waals surface area (Å²) in [6.45, 7) is 4.06. The van der Waals surface area contributed by atoms with Crippen molar-refractivity contribution in [3.8, 4) is 10.8 Å². The zero-order chi connectivity index (χ0) is 15.4. The molecule has 3 heterocycles. The van der Waals surface area contributed by atoms with Crippen LogP contribution in [0.2, 0.25) is 0 Å². The fraction of sp³-hybridized carbons (Fsp3) is 0.357. The molecule has 1 atom stereocenters. The molecule has 0 aliphatic rings. The summed E-state index contributed by atoms with van der Waals surface area (Å²) < 4.78 is 5.58. The Bertz CT molecular complexity index is 728. The lowest BCUT2D eigenvalue weighted by Gasteiger charge is -2.04. The van der Waals surface area contributed by atoms with Gasteiger partial charge in [-0.1, -0.05) is 6.92 Å². The highest BCUT2D eigenvalue weighted by atomic mass is 32.2. The van der Waals surface area contributed by atoms with Crippen LogP contribution in [0, 0.1) is 0 Å². The maximum Gasteiger partial charge on any atom is 0.229 e. The number of thiazole rings is 1. The van der Waals surface area contributed by atoms with E-state index >= 15 is 0 Å². The molecule has 0 aromatic carbocycles. The number of aromatic nitrogens is 5. The summed E-state index contributed by atoms with van der Waals surface area (Å²) in [6.07, 6.45) is 4.21. The first-order valence-corrected chi connectivity index (χ1v) is 8.84. The average Bonchev–Trinajstić information content (AvgIpc) is 3.22. The van der Waals surface area contributed by atoms with Gasteiger partial charge in [-0.15, -0.1) is 33.3 Å². The zero-order valence-corrected chi connectivity index (χ0v) is 13.9. The molecule has 0 saturated carbocycles. The van der Waals surface area contributed by atoms with Crippen molar-refractivity contribution in [2.24, 2.45) is 0 Å². The van der Waals surface area contributed by atoms with Gasteiger partial charge in [-0.25, -0.2) is 15.0 Å². The average molecular weight is 333 g/mol. The number of hydrogen-bond donors (Lipinski definition) is 0. The number of rotatable bonds is 6. The van der Waals surface area contributed by atoms with Crippen molar-refractivity contribution in [3.05, 3.63) is 41.3 Å². The van der Waals surface area contributed by atoms with E-state index in [1.54, 1.807) is 41.6 Å². The van der Waals surface area contributed by atoms with Crippen LogP contribution in [0.25, 0.3) is 10.8 Å². The van der Waals surface area contributed by atoms with Crippen LogP contribution >= 0.6 is 23.1 Å². The van der Waals surface area contributed by atoms with E-state index in [-0.39, 0.29) is 5.25 Å². The molecule has 0 aliphatic carbocycles. The molecule has 0 bridgehead atoms. The normalized spacial score (nSPS) is 12.5. The van der Waals surface area contributed by atoms with Crippen molar-refractivity contribution in [1.82, 2.24) is 25.1 Å². The largest absolute Gasteiger partial charge is 0.424 e. The van der Waals surface area contributed by atoms with Crippen LogP contribution < -0.4 is 0 Å². The van der Waals surface area contributed by atoms with Gasteiger partial charge in [-0.05, 0) is 13.0 Å². The van der Waals surface area contributed by atoms with Crippen LogP contribution in [0.5, 0.6) is 0 Å². The van der Waals surface area contributed by atoms with Crippen LogP contribution in [0.3, 0.4) is 0 Å². The van der Waals surface area contributed by atoms with Gasteiger partial charge >= 0.3 is 0 Å². The van der Waals surface area contributed by atoms with Crippen molar-refractivity contribution in [3.63, 3.8) is 0 Å². The maximum absolute atomic E-state index is 5.58. The standard InChI is InChI=1S/C14H15N5OS2/c1-3-11-18-19-13(20-11)9(2)21-7-10-8-22-14(17-10)12-15-5-4-6-16-12/h4-6,8-9H,3,7H2,1-2H3/t9-/m1/s1. The molecule has 0 radical (unpaired) electrons. The van der Waals surface area contributed by atoms with Gasteiger partial charge in [0.2, 0.25) is 11.8 Å². The molecular weight excluding hydrogens is 318 g/mol. The summed E-state index contributed by atoms with van der Waals surface area (Å²) in [5.41, 5.74) is 1.01. The third-order valence-electron chi connectivity index (χ3n) is 2.92. The highest BCUT2D eigenvalue weighted by Crippen LogP contribution is 2.31. The Balaban J connectivity index is 1.61. The number of hydrogen-bond acceptors (Lipinski definition) is 8. The molecule has 3 aromatic rings. The minimum Gasteiger partial charge on any atom is -0.424 e. The van der Waals surface area contributed by atoms with Gasteiger partial charge in [-0.3, -0.25) is 0 Å². The Morgan fingerprint density at radius 2 is 2.09 bits per heavy atom. The number of aryl methyl sites for hydroxylation is 1. The van der Waals surface area contributed by atoms with E-state index < -0.39 is 0 Å². The van der Waals surface area contributed by atoms with Gasteiger partial charge in [0.25, 0.3) is 0 Å². The predicted molar refractivity (Wildman–Crippen MR) is 86.5 cm³/mol. The third kappa shape index (κ3) is 3.50. The molecule has 0 fully saturated rings. The molecule has 0 spiro atoms. The number of nitrogens with zero attached hydrogens (tertiary/aromatic N) is 5. The quantitative estimate of drug-likeness (QED) is 0.682. The fourth-order valence-electron chi connectivity index (χ4n) is 1.74. The minimum atomic E-state index is 0.144. The van der Waals surface area contributed by atoms with Crippen LogP contribution in [-0.2, 0) is 12.2 Å². The lowest BCUT2D eigenvalue weighted by Crippen LogP contribution is -1.91.